The van der Waals surface area contributed by atoms with E-state index < -0.39 is 0 Å². The second-order valence-electron chi connectivity index (χ2n) is 5.53. The number of hydrogen-bond donors (Lipinski definition) is 1. The van der Waals surface area contributed by atoms with Gasteiger partial charge in [-0.3, -0.25) is 4.79 Å². The van der Waals surface area contributed by atoms with Gasteiger partial charge in [0.2, 0.25) is 0 Å². The van der Waals surface area contributed by atoms with Gasteiger partial charge in [0.15, 0.2) is 0 Å². The first kappa shape index (κ1) is 13.8. The van der Waals surface area contributed by atoms with Crippen LogP contribution in [0.25, 0.3) is 0 Å². The number of rotatable bonds is 2. The van der Waals surface area contributed by atoms with Gasteiger partial charge in [0.05, 0.1) is 6.04 Å². The van der Waals surface area contributed by atoms with Crippen molar-refractivity contribution in [2.24, 2.45) is 0 Å². The number of nitrogens with one attached hydrogen (secondary N) is 1. The molecular formula is C18H18FNO. The van der Waals surface area contributed by atoms with Crippen molar-refractivity contribution in [2.75, 3.05) is 0 Å². The summed E-state index contributed by atoms with van der Waals surface area (Å²) in [5.74, 6) is -0.541. The molecule has 0 fully saturated rings. The summed E-state index contributed by atoms with van der Waals surface area (Å²) in [5.41, 5.74) is 3.30. The molecule has 108 valence electrons. The average Bonchev–Trinajstić information content (AvgIpc) is 2.50. The predicted molar refractivity (Wildman–Crippen MR) is 80.7 cm³/mol. The number of carbonyl (C=O) groups is 1. The van der Waals surface area contributed by atoms with Crippen LogP contribution in [0, 0.1) is 12.7 Å². The number of amides is 1. The summed E-state index contributed by atoms with van der Waals surface area (Å²) >= 11 is 0. The quantitative estimate of drug-likeness (QED) is 0.888. The number of carbonyl (C=O) groups excluding carboxylic acids is 1. The monoisotopic (exact) mass is 283 g/mol. The highest BCUT2D eigenvalue weighted by atomic mass is 19.1. The molecule has 1 amide bonds. The topological polar surface area (TPSA) is 29.1 Å². The van der Waals surface area contributed by atoms with Gasteiger partial charge in [-0.05, 0) is 55.0 Å². The Kier molecular flexibility index (Phi) is 3.74. The second kappa shape index (κ2) is 5.68. The summed E-state index contributed by atoms with van der Waals surface area (Å²) in [4.78, 5) is 12.4. The molecule has 0 spiro atoms. The maximum atomic E-state index is 13.6. The first-order chi connectivity index (χ1) is 10.2. The Hall–Kier alpha value is -2.16. The molecule has 0 bridgehead atoms. The van der Waals surface area contributed by atoms with E-state index in [0.29, 0.717) is 11.1 Å². The minimum atomic E-state index is -0.341. The third kappa shape index (κ3) is 2.68. The lowest BCUT2D eigenvalue weighted by atomic mass is 9.87. The third-order valence-electron chi connectivity index (χ3n) is 4.19. The molecule has 0 saturated carbocycles. The Morgan fingerprint density at radius 1 is 1.19 bits per heavy atom. The summed E-state index contributed by atoms with van der Waals surface area (Å²) < 4.78 is 13.6. The van der Waals surface area contributed by atoms with E-state index in [0.717, 1.165) is 19.3 Å². The smallest absolute Gasteiger partial charge is 0.252 e. The summed E-state index contributed by atoms with van der Waals surface area (Å²) in [5, 5.41) is 3.05. The van der Waals surface area contributed by atoms with Crippen molar-refractivity contribution >= 4 is 5.91 Å². The molecule has 2 aromatic carbocycles. The standard InChI is InChI=1S/C18H18FNO/c1-12-14(9-5-10-16(12)19)18(21)20-17-11-4-7-13-6-2-3-8-15(13)17/h2-3,5-6,8-10,17H,4,7,11H2,1H3,(H,20,21)/t17-/m0/s1. The minimum Gasteiger partial charge on any atom is -0.345 e. The lowest BCUT2D eigenvalue weighted by molar-refractivity contribution is 0.0931. The van der Waals surface area contributed by atoms with Crippen LogP contribution in [0.3, 0.4) is 0 Å². The van der Waals surface area contributed by atoms with Gasteiger partial charge in [0.25, 0.3) is 5.91 Å². The molecule has 0 aliphatic heterocycles. The fraction of sp³-hybridized carbons (Fsp3) is 0.278. The molecule has 2 aromatic rings. The van der Waals surface area contributed by atoms with E-state index in [1.807, 2.05) is 12.1 Å². The van der Waals surface area contributed by atoms with Crippen LogP contribution in [0.1, 0.15) is 45.9 Å². The Morgan fingerprint density at radius 3 is 2.86 bits per heavy atom. The number of fused-ring (bicyclic) bond motifs is 1. The normalized spacial score (nSPS) is 17.1. The molecule has 2 nitrogen and oxygen atoms in total. The highest BCUT2D eigenvalue weighted by Gasteiger charge is 2.22. The maximum absolute atomic E-state index is 13.6. The van der Waals surface area contributed by atoms with Crippen LogP contribution < -0.4 is 5.32 Å². The van der Waals surface area contributed by atoms with Gasteiger partial charge >= 0.3 is 0 Å². The Labute approximate surface area is 124 Å². The van der Waals surface area contributed by atoms with Gasteiger partial charge in [-0.1, -0.05) is 30.3 Å². The Balaban J connectivity index is 1.85. The van der Waals surface area contributed by atoms with E-state index in [9.17, 15) is 9.18 Å². The van der Waals surface area contributed by atoms with E-state index in [-0.39, 0.29) is 17.8 Å². The Bertz CT molecular complexity index is 681. The average molecular weight is 283 g/mol. The summed E-state index contributed by atoms with van der Waals surface area (Å²) in [6.45, 7) is 1.64. The molecule has 0 aromatic heterocycles. The maximum Gasteiger partial charge on any atom is 0.252 e. The van der Waals surface area contributed by atoms with Crippen molar-refractivity contribution in [1.82, 2.24) is 5.32 Å². The molecule has 1 aliphatic rings. The van der Waals surface area contributed by atoms with E-state index in [2.05, 4.69) is 17.4 Å². The molecule has 21 heavy (non-hydrogen) atoms. The van der Waals surface area contributed by atoms with Crippen molar-refractivity contribution in [2.45, 2.75) is 32.2 Å². The zero-order valence-corrected chi connectivity index (χ0v) is 12.0. The van der Waals surface area contributed by atoms with Gasteiger partial charge in [-0.15, -0.1) is 0 Å². The number of hydrogen-bond acceptors (Lipinski definition) is 1. The lowest BCUT2D eigenvalue weighted by Crippen LogP contribution is -2.31. The van der Waals surface area contributed by atoms with E-state index in [1.54, 1.807) is 19.1 Å². The van der Waals surface area contributed by atoms with Crippen LogP contribution in [0.15, 0.2) is 42.5 Å². The number of aryl methyl sites for hydroxylation is 1. The lowest BCUT2D eigenvalue weighted by Gasteiger charge is -2.26. The molecule has 3 heteroatoms. The SMILES string of the molecule is Cc1c(F)cccc1C(=O)N[C@H]1CCCc2ccccc21. The van der Waals surface area contributed by atoms with Crippen molar-refractivity contribution in [3.05, 3.63) is 70.5 Å². The summed E-state index contributed by atoms with van der Waals surface area (Å²) in [7, 11) is 0. The van der Waals surface area contributed by atoms with Crippen molar-refractivity contribution in [1.29, 1.82) is 0 Å². The summed E-state index contributed by atoms with van der Waals surface area (Å²) in [6, 6.07) is 12.8. The van der Waals surface area contributed by atoms with E-state index in [1.165, 1.54) is 17.2 Å². The molecule has 0 radical (unpaired) electrons. The van der Waals surface area contributed by atoms with Crippen LogP contribution in [0.2, 0.25) is 0 Å². The van der Waals surface area contributed by atoms with Crippen LogP contribution in [-0.2, 0) is 6.42 Å². The molecule has 0 heterocycles. The molecule has 1 N–H and O–H groups in total. The zero-order chi connectivity index (χ0) is 14.8. The minimum absolute atomic E-state index is 0.0186. The molecular weight excluding hydrogens is 265 g/mol. The van der Waals surface area contributed by atoms with Crippen molar-refractivity contribution in [3.8, 4) is 0 Å². The highest BCUT2D eigenvalue weighted by Crippen LogP contribution is 2.29. The van der Waals surface area contributed by atoms with Gasteiger partial charge in [0, 0.05) is 5.56 Å². The summed E-state index contributed by atoms with van der Waals surface area (Å²) in [6.07, 6.45) is 3.04. The highest BCUT2D eigenvalue weighted by molar-refractivity contribution is 5.95. The fourth-order valence-corrected chi connectivity index (χ4v) is 2.99. The number of halogens is 1. The van der Waals surface area contributed by atoms with Crippen LogP contribution >= 0.6 is 0 Å². The predicted octanol–water partition coefficient (Wildman–Crippen LogP) is 3.94. The molecule has 1 atom stereocenters. The van der Waals surface area contributed by atoms with Gasteiger partial charge in [-0.25, -0.2) is 4.39 Å². The zero-order valence-electron chi connectivity index (χ0n) is 12.0. The first-order valence-corrected chi connectivity index (χ1v) is 7.30. The molecule has 3 rings (SSSR count). The third-order valence-corrected chi connectivity index (χ3v) is 4.19. The van der Waals surface area contributed by atoms with Crippen LogP contribution in [0.4, 0.5) is 4.39 Å². The van der Waals surface area contributed by atoms with E-state index in [4.69, 9.17) is 0 Å². The van der Waals surface area contributed by atoms with Crippen molar-refractivity contribution in [3.63, 3.8) is 0 Å². The fourth-order valence-electron chi connectivity index (χ4n) is 2.99. The van der Waals surface area contributed by atoms with E-state index >= 15 is 0 Å². The van der Waals surface area contributed by atoms with Crippen LogP contribution in [0.5, 0.6) is 0 Å². The van der Waals surface area contributed by atoms with Crippen LogP contribution in [-0.4, -0.2) is 5.91 Å². The van der Waals surface area contributed by atoms with Gasteiger partial charge < -0.3 is 5.32 Å². The molecule has 0 saturated heterocycles. The van der Waals surface area contributed by atoms with Crippen molar-refractivity contribution < 1.29 is 9.18 Å². The molecule has 1 aliphatic carbocycles. The second-order valence-corrected chi connectivity index (χ2v) is 5.53. The van der Waals surface area contributed by atoms with Gasteiger partial charge in [-0.2, -0.15) is 0 Å². The largest absolute Gasteiger partial charge is 0.345 e. The Morgan fingerprint density at radius 2 is 2.00 bits per heavy atom. The number of benzene rings is 2. The van der Waals surface area contributed by atoms with Gasteiger partial charge in [0.1, 0.15) is 5.82 Å². The first-order valence-electron chi connectivity index (χ1n) is 7.30. The molecule has 0 unspecified atom stereocenters.